The van der Waals surface area contributed by atoms with E-state index in [2.05, 4.69) is 70.3 Å². The van der Waals surface area contributed by atoms with Crippen LogP contribution in [0.1, 0.15) is 53.4 Å². The molecule has 1 heterocycles. The number of rotatable bonds is 9. The van der Waals surface area contributed by atoms with Crippen molar-refractivity contribution in [1.29, 1.82) is 0 Å². The average molecular weight is 531 g/mol. The van der Waals surface area contributed by atoms with E-state index in [0.717, 1.165) is 47.0 Å². The van der Waals surface area contributed by atoms with Crippen molar-refractivity contribution in [1.82, 2.24) is 20.1 Å². The summed E-state index contributed by atoms with van der Waals surface area (Å²) in [5.74, 6) is 1.65. The van der Waals surface area contributed by atoms with Crippen LogP contribution < -0.4 is 5.32 Å². The zero-order valence-corrected chi connectivity index (χ0v) is 22.7. The molecule has 1 N–H and O–H groups in total. The fraction of sp³-hybridized carbons (Fsp3) is 0.300. The second-order valence-corrected chi connectivity index (χ2v) is 11.1. The van der Waals surface area contributed by atoms with Gasteiger partial charge in [-0.2, -0.15) is 0 Å². The van der Waals surface area contributed by atoms with E-state index >= 15 is 0 Å². The molecule has 5 nitrogen and oxygen atoms in total. The molecule has 0 saturated heterocycles. The van der Waals surface area contributed by atoms with Crippen LogP contribution in [0.5, 0.6) is 0 Å². The molecule has 0 spiro atoms. The molecule has 3 aromatic carbocycles. The van der Waals surface area contributed by atoms with E-state index in [1.54, 1.807) is 11.8 Å². The first-order chi connectivity index (χ1) is 18.0. The second-order valence-electron chi connectivity index (χ2n) is 9.76. The lowest BCUT2D eigenvalue weighted by molar-refractivity contribution is -0.128. The minimum atomic E-state index is -0.324. The number of amides is 1. The first kappa shape index (κ1) is 25.6. The molecule has 1 saturated carbocycles. The van der Waals surface area contributed by atoms with Crippen molar-refractivity contribution in [2.45, 2.75) is 56.5 Å². The van der Waals surface area contributed by atoms with Gasteiger partial charge in [0.1, 0.15) is 0 Å². The molecule has 1 aliphatic carbocycles. The number of hydrogen-bond donors (Lipinski definition) is 1. The van der Waals surface area contributed by atoms with Crippen LogP contribution in [0, 0.1) is 19.8 Å². The lowest BCUT2D eigenvalue weighted by atomic mass is 9.84. The summed E-state index contributed by atoms with van der Waals surface area (Å²) >= 11 is 8.10. The topological polar surface area (TPSA) is 59.8 Å². The molecule has 5 rings (SSSR count). The molecular formula is C30H31ClN4OS. The first-order valence-corrected chi connectivity index (χ1v) is 14.1. The third kappa shape index (κ3) is 6.08. The molecule has 0 bridgehead atoms. The number of carbonyl (C=O) groups is 1. The highest BCUT2D eigenvalue weighted by Gasteiger charge is 2.30. The zero-order chi connectivity index (χ0) is 25.8. The summed E-state index contributed by atoms with van der Waals surface area (Å²) in [6, 6.07) is 24.2. The lowest BCUT2D eigenvalue weighted by Crippen LogP contribution is -2.38. The Hall–Kier alpha value is -3.09. The average Bonchev–Trinajstić information content (AvgIpc) is 3.27. The maximum absolute atomic E-state index is 13.1. The Bertz CT molecular complexity index is 1380. The van der Waals surface area contributed by atoms with E-state index in [1.807, 2.05) is 36.4 Å². The highest BCUT2D eigenvalue weighted by Crippen LogP contribution is 2.33. The van der Waals surface area contributed by atoms with Crippen molar-refractivity contribution in [2.24, 2.45) is 5.92 Å². The maximum atomic E-state index is 13.1. The minimum Gasteiger partial charge on any atom is -0.345 e. The molecule has 1 atom stereocenters. The van der Waals surface area contributed by atoms with Crippen molar-refractivity contribution in [2.75, 3.05) is 0 Å². The predicted molar refractivity (Wildman–Crippen MR) is 150 cm³/mol. The van der Waals surface area contributed by atoms with Crippen LogP contribution in [0.3, 0.4) is 0 Å². The number of hydrogen-bond acceptors (Lipinski definition) is 4. The molecule has 7 heteroatoms. The smallest absolute Gasteiger partial charge is 0.223 e. The Morgan fingerprint density at radius 2 is 1.81 bits per heavy atom. The van der Waals surface area contributed by atoms with Crippen LogP contribution in [-0.4, -0.2) is 20.7 Å². The largest absolute Gasteiger partial charge is 0.345 e. The molecule has 1 amide bonds. The summed E-state index contributed by atoms with van der Waals surface area (Å²) in [5, 5.41) is 14.1. The van der Waals surface area contributed by atoms with Gasteiger partial charge in [-0.1, -0.05) is 96.0 Å². The van der Waals surface area contributed by atoms with Crippen LogP contribution >= 0.6 is 23.4 Å². The molecule has 1 fully saturated rings. The zero-order valence-electron chi connectivity index (χ0n) is 21.2. The lowest BCUT2D eigenvalue weighted by Gasteiger charge is -2.27. The molecule has 0 aliphatic heterocycles. The normalized spacial score (nSPS) is 14.2. The van der Waals surface area contributed by atoms with Gasteiger partial charge in [-0.15, -0.1) is 10.2 Å². The number of aromatic nitrogens is 3. The third-order valence-electron chi connectivity index (χ3n) is 6.91. The molecule has 1 unspecified atom stereocenters. The number of carbonyl (C=O) groups excluding carboxylic acids is 1. The minimum absolute atomic E-state index is 0.0812. The van der Waals surface area contributed by atoms with Crippen LogP contribution in [-0.2, 0) is 17.0 Å². The summed E-state index contributed by atoms with van der Waals surface area (Å²) in [6.45, 7) is 4.16. The highest BCUT2D eigenvalue weighted by atomic mass is 35.5. The van der Waals surface area contributed by atoms with E-state index in [4.69, 9.17) is 11.6 Å². The number of benzene rings is 3. The Morgan fingerprint density at radius 3 is 2.54 bits per heavy atom. The van der Waals surface area contributed by atoms with Crippen LogP contribution in [0.4, 0.5) is 0 Å². The maximum Gasteiger partial charge on any atom is 0.223 e. The van der Waals surface area contributed by atoms with Gasteiger partial charge in [0, 0.05) is 16.7 Å². The summed E-state index contributed by atoms with van der Waals surface area (Å²) in [4.78, 5) is 13.1. The van der Waals surface area contributed by atoms with Gasteiger partial charge in [0.2, 0.25) is 5.91 Å². The fourth-order valence-electron chi connectivity index (χ4n) is 4.62. The van der Waals surface area contributed by atoms with Gasteiger partial charge in [-0.05, 0) is 61.9 Å². The molecule has 190 valence electrons. The number of thioether (sulfide) groups is 1. The number of aryl methyl sites for hydroxylation is 2. The van der Waals surface area contributed by atoms with Crippen molar-refractivity contribution >= 4 is 29.3 Å². The SMILES string of the molecule is Cc1cccc(CSc2nnc(C(Cc3ccccc3)NC(=O)C3CCC3)n2-c2cc(Cl)ccc2C)c1. The van der Waals surface area contributed by atoms with Crippen molar-refractivity contribution < 1.29 is 4.79 Å². The van der Waals surface area contributed by atoms with Crippen LogP contribution in [0.25, 0.3) is 5.69 Å². The van der Waals surface area contributed by atoms with Gasteiger partial charge >= 0.3 is 0 Å². The Morgan fingerprint density at radius 1 is 1.03 bits per heavy atom. The Kier molecular flexibility index (Phi) is 7.96. The highest BCUT2D eigenvalue weighted by molar-refractivity contribution is 7.98. The first-order valence-electron chi connectivity index (χ1n) is 12.7. The van der Waals surface area contributed by atoms with Gasteiger partial charge in [-0.25, -0.2) is 0 Å². The molecule has 4 aromatic rings. The van der Waals surface area contributed by atoms with E-state index in [0.29, 0.717) is 17.3 Å². The van der Waals surface area contributed by atoms with E-state index in [9.17, 15) is 4.79 Å². The van der Waals surface area contributed by atoms with Crippen molar-refractivity contribution in [3.8, 4) is 5.69 Å². The van der Waals surface area contributed by atoms with Crippen molar-refractivity contribution in [3.05, 3.63) is 106 Å². The van der Waals surface area contributed by atoms with Gasteiger partial charge in [0.15, 0.2) is 11.0 Å². The number of nitrogens with one attached hydrogen (secondary N) is 1. The summed E-state index contributed by atoms with van der Waals surface area (Å²) in [6.07, 6.45) is 3.63. The molecule has 1 aliphatic rings. The number of nitrogens with zero attached hydrogens (tertiary/aromatic N) is 3. The van der Waals surface area contributed by atoms with E-state index < -0.39 is 0 Å². The third-order valence-corrected chi connectivity index (χ3v) is 8.14. The van der Waals surface area contributed by atoms with Gasteiger partial charge in [0.25, 0.3) is 0 Å². The van der Waals surface area contributed by atoms with E-state index in [1.165, 1.54) is 11.1 Å². The van der Waals surface area contributed by atoms with Gasteiger partial charge in [0.05, 0.1) is 11.7 Å². The van der Waals surface area contributed by atoms with Crippen molar-refractivity contribution in [3.63, 3.8) is 0 Å². The Balaban J connectivity index is 1.55. The van der Waals surface area contributed by atoms with E-state index in [-0.39, 0.29) is 17.9 Å². The second kappa shape index (κ2) is 11.5. The number of halogens is 1. The quantitative estimate of drug-likeness (QED) is 0.236. The molecule has 37 heavy (non-hydrogen) atoms. The molecular weight excluding hydrogens is 500 g/mol. The standard InChI is InChI=1S/C30H31ClN4OS/c1-20-8-6-11-23(16-20)19-37-30-34-33-28(35(30)27-18-25(31)15-14-21(27)2)26(17-22-9-4-3-5-10-22)32-29(36)24-12-7-13-24/h3-6,8-11,14-16,18,24,26H,7,12-13,17,19H2,1-2H3,(H,32,36). The van der Waals surface area contributed by atoms with Gasteiger partial charge in [-0.3, -0.25) is 9.36 Å². The molecule has 0 radical (unpaired) electrons. The molecule has 1 aromatic heterocycles. The van der Waals surface area contributed by atoms with Crippen LogP contribution in [0.15, 0.2) is 78.0 Å². The monoisotopic (exact) mass is 530 g/mol. The van der Waals surface area contributed by atoms with Crippen LogP contribution in [0.2, 0.25) is 5.02 Å². The summed E-state index contributed by atoms with van der Waals surface area (Å²) in [5.41, 5.74) is 5.57. The van der Waals surface area contributed by atoms with Gasteiger partial charge < -0.3 is 5.32 Å². The summed E-state index contributed by atoms with van der Waals surface area (Å²) in [7, 11) is 0. The fourth-order valence-corrected chi connectivity index (χ4v) is 5.68. The predicted octanol–water partition coefficient (Wildman–Crippen LogP) is 7.03. The Labute approximate surface area is 227 Å². The summed E-state index contributed by atoms with van der Waals surface area (Å²) < 4.78 is 2.08.